The molecule has 0 saturated heterocycles. The van der Waals surface area contributed by atoms with Crippen LogP contribution in [0.5, 0.6) is 0 Å². The average Bonchev–Trinajstić information content (AvgIpc) is 3.01. The highest BCUT2D eigenvalue weighted by molar-refractivity contribution is 6.30. The second-order valence-electron chi connectivity index (χ2n) is 6.95. The topological polar surface area (TPSA) is 37.2 Å². The Bertz CT molecular complexity index is 877. The maximum atomic E-state index is 11.2. The van der Waals surface area contributed by atoms with Crippen LogP contribution in [0.25, 0.3) is 10.9 Å². The van der Waals surface area contributed by atoms with Gasteiger partial charge in [-0.3, -0.25) is 0 Å². The Morgan fingerprint density at radius 3 is 2.32 bits per heavy atom. The molecular formula is C21H25ClN2O. The Balaban J connectivity index is 2.35. The first-order chi connectivity index (χ1) is 11.8. The van der Waals surface area contributed by atoms with Crippen LogP contribution >= 0.6 is 11.6 Å². The van der Waals surface area contributed by atoms with E-state index in [1.807, 2.05) is 51.2 Å². The van der Waals surface area contributed by atoms with Crippen LogP contribution in [0, 0.1) is 0 Å². The van der Waals surface area contributed by atoms with Crippen LogP contribution < -0.4 is 5.32 Å². The number of anilines is 1. The summed E-state index contributed by atoms with van der Waals surface area (Å²) in [5.41, 5.74) is 1.63. The molecule has 2 N–H and O–H groups in total. The van der Waals surface area contributed by atoms with Crippen molar-refractivity contribution >= 4 is 28.2 Å². The third kappa shape index (κ3) is 2.72. The molecule has 2 aromatic carbocycles. The first-order valence-electron chi connectivity index (χ1n) is 8.62. The zero-order valence-corrected chi connectivity index (χ0v) is 15.9. The van der Waals surface area contributed by atoms with Crippen molar-refractivity contribution in [3.05, 3.63) is 65.3 Å². The van der Waals surface area contributed by atoms with Gasteiger partial charge in [0.2, 0.25) is 0 Å². The molecule has 132 valence electrons. The van der Waals surface area contributed by atoms with Crippen LogP contribution in [-0.2, 0) is 5.54 Å². The van der Waals surface area contributed by atoms with Crippen molar-refractivity contribution in [2.45, 2.75) is 38.3 Å². The van der Waals surface area contributed by atoms with Gasteiger partial charge in [0.1, 0.15) is 0 Å². The number of nitrogens with zero attached hydrogens (tertiary/aromatic N) is 1. The molecule has 3 aromatic rings. The fourth-order valence-corrected chi connectivity index (χ4v) is 4.16. The van der Waals surface area contributed by atoms with Crippen molar-refractivity contribution < 1.29 is 5.11 Å². The van der Waals surface area contributed by atoms with E-state index in [4.69, 9.17) is 11.6 Å². The Morgan fingerprint density at radius 1 is 1.08 bits per heavy atom. The van der Waals surface area contributed by atoms with Gasteiger partial charge in [-0.1, -0.05) is 36.7 Å². The van der Waals surface area contributed by atoms with Crippen LogP contribution in [0.2, 0.25) is 5.02 Å². The molecular weight excluding hydrogens is 332 g/mol. The lowest BCUT2D eigenvalue weighted by Crippen LogP contribution is -2.52. The minimum Gasteiger partial charge on any atom is -0.388 e. The van der Waals surface area contributed by atoms with Gasteiger partial charge >= 0.3 is 0 Å². The van der Waals surface area contributed by atoms with Crippen LogP contribution in [0.3, 0.4) is 0 Å². The Labute approximate surface area is 154 Å². The number of hydrogen-bond donors (Lipinski definition) is 2. The third-order valence-corrected chi connectivity index (χ3v) is 5.51. The minimum atomic E-state index is -0.975. The molecule has 0 bridgehead atoms. The summed E-state index contributed by atoms with van der Waals surface area (Å²) in [6.45, 7) is 5.86. The van der Waals surface area contributed by atoms with Crippen molar-refractivity contribution in [2.24, 2.45) is 0 Å². The molecule has 3 rings (SSSR count). The van der Waals surface area contributed by atoms with Gasteiger partial charge in [0.05, 0.1) is 16.7 Å². The fraction of sp³-hybridized carbons (Fsp3) is 0.333. The molecule has 1 heterocycles. The van der Waals surface area contributed by atoms with Gasteiger partial charge in [-0.25, -0.2) is 0 Å². The zero-order chi connectivity index (χ0) is 18.2. The molecule has 4 heteroatoms. The van der Waals surface area contributed by atoms with E-state index < -0.39 is 11.1 Å². The largest absolute Gasteiger partial charge is 0.388 e. The zero-order valence-electron chi connectivity index (χ0n) is 15.2. The van der Waals surface area contributed by atoms with Crippen molar-refractivity contribution in [1.29, 1.82) is 0 Å². The summed E-state index contributed by atoms with van der Waals surface area (Å²) in [5, 5.41) is 16.3. The second kappa shape index (κ2) is 6.40. The standard InChI is InChI=1S/C21H25ClN2O/c1-5-21(20(2,3)25,15-9-11-16(22)12-10-15)24-14-13-17-18(23-4)7-6-8-19(17)24/h6-14,23,25H,5H2,1-4H3. The van der Waals surface area contributed by atoms with Crippen molar-refractivity contribution in [3.8, 4) is 0 Å². The summed E-state index contributed by atoms with van der Waals surface area (Å²) >= 11 is 6.10. The summed E-state index contributed by atoms with van der Waals surface area (Å²) in [6.07, 6.45) is 2.81. The summed E-state index contributed by atoms with van der Waals surface area (Å²) in [6, 6.07) is 16.1. The number of nitrogens with one attached hydrogen (secondary N) is 1. The molecule has 0 aliphatic carbocycles. The van der Waals surface area contributed by atoms with Crippen molar-refractivity contribution in [2.75, 3.05) is 12.4 Å². The van der Waals surface area contributed by atoms with E-state index in [2.05, 4.69) is 41.2 Å². The fourth-order valence-electron chi connectivity index (χ4n) is 4.04. The number of fused-ring (bicyclic) bond motifs is 1. The highest BCUT2D eigenvalue weighted by Gasteiger charge is 2.46. The maximum Gasteiger partial charge on any atom is 0.0974 e. The Morgan fingerprint density at radius 2 is 1.76 bits per heavy atom. The van der Waals surface area contributed by atoms with Gasteiger partial charge in [0.15, 0.2) is 0 Å². The van der Waals surface area contributed by atoms with Gasteiger partial charge in [-0.15, -0.1) is 0 Å². The van der Waals surface area contributed by atoms with Crippen LogP contribution in [0.4, 0.5) is 5.69 Å². The maximum absolute atomic E-state index is 11.2. The lowest BCUT2D eigenvalue weighted by molar-refractivity contribution is -0.0237. The summed E-state index contributed by atoms with van der Waals surface area (Å²) < 4.78 is 2.20. The van der Waals surface area contributed by atoms with E-state index in [-0.39, 0.29) is 0 Å². The van der Waals surface area contributed by atoms with Crippen molar-refractivity contribution in [1.82, 2.24) is 4.57 Å². The number of aromatic nitrogens is 1. The minimum absolute atomic E-state index is 0.605. The predicted octanol–water partition coefficient (Wildman–Crippen LogP) is 5.26. The van der Waals surface area contributed by atoms with Crippen LogP contribution in [0.1, 0.15) is 32.8 Å². The van der Waals surface area contributed by atoms with E-state index in [1.54, 1.807) is 0 Å². The SMILES string of the molecule is CCC(c1ccc(Cl)cc1)(n1ccc2c(NC)cccc21)C(C)(C)O. The monoisotopic (exact) mass is 356 g/mol. The first kappa shape index (κ1) is 17.8. The molecule has 1 atom stereocenters. The van der Waals surface area contributed by atoms with Crippen LogP contribution in [0.15, 0.2) is 54.7 Å². The quantitative estimate of drug-likeness (QED) is 0.654. The molecule has 0 amide bonds. The third-order valence-electron chi connectivity index (χ3n) is 5.26. The number of aliphatic hydroxyl groups is 1. The molecule has 0 spiro atoms. The van der Waals surface area contributed by atoms with Gasteiger partial charge in [0, 0.05) is 29.3 Å². The number of benzene rings is 2. The van der Waals surface area contributed by atoms with E-state index in [0.29, 0.717) is 5.02 Å². The number of rotatable bonds is 5. The van der Waals surface area contributed by atoms with Gasteiger partial charge in [-0.05, 0) is 56.2 Å². The predicted molar refractivity (Wildman–Crippen MR) is 107 cm³/mol. The number of hydrogen-bond acceptors (Lipinski definition) is 2. The van der Waals surface area contributed by atoms with E-state index in [1.165, 1.54) is 0 Å². The summed E-state index contributed by atoms with van der Waals surface area (Å²) in [5.74, 6) is 0. The van der Waals surface area contributed by atoms with E-state index in [0.717, 1.165) is 28.6 Å². The summed E-state index contributed by atoms with van der Waals surface area (Å²) in [7, 11) is 1.92. The van der Waals surface area contributed by atoms with E-state index in [9.17, 15) is 5.11 Å². The Hall–Kier alpha value is -1.97. The highest BCUT2D eigenvalue weighted by Crippen LogP contribution is 2.43. The molecule has 0 aliphatic heterocycles. The highest BCUT2D eigenvalue weighted by atomic mass is 35.5. The molecule has 1 aromatic heterocycles. The van der Waals surface area contributed by atoms with Gasteiger partial charge in [0.25, 0.3) is 0 Å². The second-order valence-corrected chi connectivity index (χ2v) is 7.39. The van der Waals surface area contributed by atoms with Crippen molar-refractivity contribution in [3.63, 3.8) is 0 Å². The molecule has 0 aliphatic rings. The average molecular weight is 357 g/mol. The lowest BCUT2D eigenvalue weighted by Gasteiger charge is -2.45. The van der Waals surface area contributed by atoms with E-state index >= 15 is 0 Å². The number of halogens is 1. The Kier molecular flexibility index (Phi) is 4.56. The molecule has 0 saturated carbocycles. The van der Waals surface area contributed by atoms with Gasteiger partial charge < -0.3 is 15.0 Å². The lowest BCUT2D eigenvalue weighted by atomic mass is 9.74. The summed E-state index contributed by atoms with van der Waals surface area (Å²) in [4.78, 5) is 0. The molecule has 0 radical (unpaired) electrons. The van der Waals surface area contributed by atoms with Gasteiger partial charge in [-0.2, -0.15) is 0 Å². The first-order valence-corrected chi connectivity index (χ1v) is 8.99. The normalized spacial score (nSPS) is 14.5. The van der Waals surface area contributed by atoms with Crippen LogP contribution in [-0.4, -0.2) is 22.3 Å². The molecule has 0 fully saturated rings. The molecule has 1 unspecified atom stereocenters. The molecule has 25 heavy (non-hydrogen) atoms. The molecule has 3 nitrogen and oxygen atoms in total. The smallest absolute Gasteiger partial charge is 0.0974 e.